The van der Waals surface area contributed by atoms with Gasteiger partial charge in [-0.15, -0.1) is 0 Å². The van der Waals surface area contributed by atoms with Crippen molar-refractivity contribution in [3.05, 3.63) is 407 Å². The lowest BCUT2D eigenvalue weighted by molar-refractivity contribution is 0.0679. The Balaban J connectivity index is 0.000000131. The van der Waals surface area contributed by atoms with Crippen LogP contribution in [0.2, 0.25) is 0 Å². The molecule has 13 aromatic carbocycles. The van der Waals surface area contributed by atoms with Gasteiger partial charge in [-0.25, -0.2) is 33.1 Å². The highest BCUT2D eigenvalue weighted by Crippen LogP contribution is 2.38. The van der Waals surface area contributed by atoms with E-state index in [1.807, 2.05) is 293 Å². The highest BCUT2D eigenvalue weighted by Gasteiger charge is 2.36. The number of hydrogen-bond acceptors (Lipinski definition) is 18. The van der Waals surface area contributed by atoms with Crippen LogP contribution in [0, 0.1) is 27.7 Å². The number of nitrogens with zero attached hydrogens (tertiary/aromatic N) is 13. The van der Waals surface area contributed by atoms with Crippen LogP contribution < -0.4 is 46.5 Å². The van der Waals surface area contributed by atoms with Crippen LogP contribution in [0.1, 0.15) is 163 Å². The average molecular weight is 1930 g/mol. The van der Waals surface area contributed by atoms with E-state index in [0.717, 1.165) is 75.6 Å². The fraction of sp³-hybridized carbons (Fsp3) is 0.243. The van der Waals surface area contributed by atoms with Crippen molar-refractivity contribution in [1.29, 1.82) is 0 Å². The molecular formula is C115H114N14O13S. The molecule has 0 saturated carbocycles. The van der Waals surface area contributed by atoms with Crippen LogP contribution >= 0.6 is 0 Å². The Hall–Kier alpha value is -16.0. The predicted octanol–water partition coefficient (Wildman–Crippen LogP) is 20.4. The molecule has 0 aliphatic carbocycles. The lowest BCUT2D eigenvalue weighted by Crippen LogP contribution is -2.49. The van der Waals surface area contributed by atoms with Gasteiger partial charge in [-0.2, -0.15) is 4.31 Å². The predicted molar refractivity (Wildman–Crippen MR) is 560 cm³/mol. The molecule has 728 valence electrons. The normalized spacial score (nSPS) is 13.6. The molecule has 4 aromatic heterocycles. The largest absolute Gasteiger partial charge is 0.454 e. The van der Waals surface area contributed by atoms with E-state index in [4.69, 9.17) is 38.9 Å². The molecule has 3 aliphatic heterocycles. The van der Waals surface area contributed by atoms with E-state index in [1.54, 1.807) is 117 Å². The summed E-state index contributed by atoms with van der Waals surface area (Å²) in [5, 5.41) is 6.89. The number of unbranched alkanes of at least 4 members (excludes halogenated alkanes) is 2. The Morgan fingerprint density at radius 3 is 1.18 bits per heavy atom. The monoisotopic (exact) mass is 1930 g/mol. The van der Waals surface area contributed by atoms with Crippen LogP contribution in [0.25, 0.3) is 77.1 Å². The summed E-state index contributed by atoms with van der Waals surface area (Å²) in [6, 6.07) is 91.9. The molecule has 1 saturated heterocycles. The molecule has 3 aliphatic rings. The van der Waals surface area contributed by atoms with Crippen LogP contribution in [-0.2, 0) is 16.6 Å². The lowest BCUT2D eigenvalue weighted by atomic mass is 10.1. The number of aromatic nitrogens is 8. The summed E-state index contributed by atoms with van der Waals surface area (Å²) in [4.78, 5) is 122. The van der Waals surface area contributed by atoms with Gasteiger partial charge in [0.05, 0.1) is 95.4 Å². The number of aryl methyl sites for hydroxylation is 4. The highest BCUT2D eigenvalue weighted by molar-refractivity contribution is 7.89. The van der Waals surface area contributed by atoms with Gasteiger partial charge in [0.1, 0.15) is 23.3 Å². The Kier molecular flexibility index (Phi) is 30.2. The van der Waals surface area contributed by atoms with E-state index in [0.29, 0.717) is 163 Å². The van der Waals surface area contributed by atoms with Crippen molar-refractivity contribution in [2.45, 2.75) is 131 Å². The summed E-state index contributed by atoms with van der Waals surface area (Å²) in [5.41, 5.74) is 11.2. The minimum absolute atomic E-state index is 0.108. The minimum atomic E-state index is -3.66. The fourth-order valence-corrected chi connectivity index (χ4v) is 19.8. The molecule has 4 unspecified atom stereocenters. The summed E-state index contributed by atoms with van der Waals surface area (Å²) in [5.74, 6) is 4.17. The highest BCUT2D eigenvalue weighted by atomic mass is 32.2. The van der Waals surface area contributed by atoms with Gasteiger partial charge in [0, 0.05) is 69.4 Å². The molecule has 0 spiro atoms. The second kappa shape index (κ2) is 43.8. The van der Waals surface area contributed by atoms with Crippen molar-refractivity contribution in [2.75, 3.05) is 59.9 Å². The van der Waals surface area contributed by atoms with E-state index in [1.165, 1.54) is 0 Å². The number of fused-ring (bicyclic) bond motifs is 7. The maximum atomic E-state index is 13.7. The van der Waals surface area contributed by atoms with Gasteiger partial charge in [-0.3, -0.25) is 51.9 Å². The number of para-hydroxylation sites is 4. The molecule has 1 fully saturated rings. The minimum Gasteiger partial charge on any atom is -0.454 e. The number of carbonyl (C=O) groups is 3. The number of carbonyl (C=O) groups excluding carboxylic acids is 3. The molecule has 0 bridgehead atoms. The molecule has 27 nitrogen and oxygen atoms in total. The molecular weight excluding hydrogens is 1820 g/mol. The van der Waals surface area contributed by atoms with E-state index >= 15 is 0 Å². The first kappa shape index (κ1) is 98.6. The third kappa shape index (κ3) is 21.2. The van der Waals surface area contributed by atoms with Gasteiger partial charge in [-0.1, -0.05) is 213 Å². The average Bonchev–Trinajstić information content (AvgIpc) is 1.47. The number of piperazine rings is 1. The molecule has 0 radical (unpaired) electrons. The van der Waals surface area contributed by atoms with Gasteiger partial charge in [0.2, 0.25) is 23.6 Å². The number of rotatable bonds is 24. The topological polar surface area (TPSA) is 290 Å². The van der Waals surface area contributed by atoms with Gasteiger partial charge in [0.15, 0.2) is 23.0 Å². The molecule has 28 heteroatoms. The molecule has 4 amide bonds. The van der Waals surface area contributed by atoms with Crippen molar-refractivity contribution in [3.63, 3.8) is 0 Å². The summed E-state index contributed by atoms with van der Waals surface area (Å²) >= 11 is 0. The smallest absolute Gasteiger partial charge is 0.318 e. The van der Waals surface area contributed by atoms with E-state index in [2.05, 4.69) is 17.1 Å². The van der Waals surface area contributed by atoms with Gasteiger partial charge in [0.25, 0.3) is 34.1 Å². The summed E-state index contributed by atoms with van der Waals surface area (Å²) < 4.78 is 57.1. The van der Waals surface area contributed by atoms with Crippen LogP contribution in [0.4, 0.5) is 4.79 Å². The van der Waals surface area contributed by atoms with Crippen molar-refractivity contribution >= 4 is 82.3 Å². The standard InChI is InChI=1S/C31H30N4O3S.C30H34N4O2.C28H27N3O4.C26H23N3O4/c1-22-14-16-25(17-15-22)35-30(32-28-12-6-5-11-27(28)31(35)36)23(2)33-18-20-34(21-19-33)39(37,38)29-13-7-9-24-8-3-4-10-26(24)29;1-4-5-11-20-33(30(36)31-21-24-12-7-6-8-13-24)23(3)28-32-27-15-10-9-14-26(27)29(35)34(28)25-18-16-22(2)17-19-25;1-4-15-30(27(32)20-11-14-24-25(16-20)35-17-34-24)19(3)26-29-23-8-6-5-7-22(23)28(33)31(26)21-12-9-18(2)10-13-21;1-16-8-11-19(12-9-16)29-24(27-21-7-5-4-6-20(21)26(29)31)17(2)28(3)25(30)18-10-13-22-23(14-18)33-15-32-22/h3-17,23H,18-21H2,1-2H3;6-10,12-19,23H,4-5,11,20-21H2,1-3H3,(H,31,36);5-14,16,19H,4,15,17H2,1-3H3;4-14,17H,15H2,1-3H3. The quantitative estimate of drug-likeness (QED) is 0.0550. The zero-order valence-electron chi connectivity index (χ0n) is 81.9. The van der Waals surface area contributed by atoms with E-state index in [-0.39, 0.29) is 59.7 Å². The number of hydrogen-bond donors (Lipinski definition) is 1. The molecule has 7 heterocycles. The molecule has 1 N–H and O–H groups in total. The Morgan fingerprint density at radius 2 is 0.748 bits per heavy atom. The first-order chi connectivity index (χ1) is 69.2. The zero-order valence-corrected chi connectivity index (χ0v) is 82.7. The van der Waals surface area contributed by atoms with Gasteiger partial charge in [-0.05, 0) is 219 Å². The maximum Gasteiger partial charge on any atom is 0.318 e. The van der Waals surface area contributed by atoms with Crippen LogP contribution in [0.15, 0.2) is 327 Å². The molecule has 17 aromatic rings. The van der Waals surface area contributed by atoms with Crippen LogP contribution in [0.3, 0.4) is 0 Å². The summed E-state index contributed by atoms with van der Waals surface area (Å²) in [7, 11) is -1.95. The third-order valence-corrected chi connectivity index (χ3v) is 28.4. The van der Waals surface area contributed by atoms with Crippen LogP contribution in [-0.4, -0.2) is 148 Å². The van der Waals surface area contributed by atoms with Crippen molar-refractivity contribution < 1.29 is 41.7 Å². The first-order valence-electron chi connectivity index (χ1n) is 48.3. The maximum absolute atomic E-state index is 13.7. The lowest BCUT2D eigenvalue weighted by Gasteiger charge is -2.37. The molecule has 4 atom stereocenters. The number of urea groups is 1. The number of nitrogens with one attached hydrogen (secondary N) is 1. The van der Waals surface area contributed by atoms with Crippen molar-refractivity contribution in [2.24, 2.45) is 0 Å². The number of benzene rings is 13. The third-order valence-electron chi connectivity index (χ3n) is 26.4. The Bertz CT molecular complexity index is 7950. The second-order valence-corrected chi connectivity index (χ2v) is 38.0. The number of ether oxygens (including phenoxy) is 4. The van der Waals surface area contributed by atoms with Crippen molar-refractivity contribution in [3.8, 4) is 45.7 Å². The summed E-state index contributed by atoms with van der Waals surface area (Å²) in [6.45, 7) is 23.5. The van der Waals surface area contributed by atoms with E-state index < -0.39 is 28.1 Å². The first-order valence-corrected chi connectivity index (χ1v) is 49.7. The van der Waals surface area contributed by atoms with Gasteiger partial charge >= 0.3 is 6.03 Å². The number of sulfonamides is 1. The molecule has 20 rings (SSSR count). The molecule has 143 heavy (non-hydrogen) atoms. The Labute approximate surface area is 829 Å². The fourth-order valence-electron chi connectivity index (χ4n) is 18.2. The van der Waals surface area contributed by atoms with Gasteiger partial charge < -0.3 is 39.0 Å². The van der Waals surface area contributed by atoms with Crippen LogP contribution in [0.5, 0.6) is 23.0 Å². The SMILES string of the molecule is CCCCCN(C(=O)NCc1ccccc1)C(C)c1nc2ccccc2c(=O)n1-c1ccc(C)cc1.CCCN(C(=O)c1ccc2c(c1)OCO2)C(C)c1nc2ccccc2c(=O)n1-c1ccc(C)cc1.Cc1ccc(-n2c(C(C)N(C)C(=O)c3ccc4c(c3)OCO4)nc3ccccc3c2=O)cc1.Cc1ccc(-n2c(C(C)N3CCN(S(=O)(=O)c4cccc5ccccc45)CC3)nc3ccccc3c2=O)cc1. The second-order valence-electron chi connectivity index (χ2n) is 36.1. The zero-order chi connectivity index (χ0) is 100. The van der Waals surface area contributed by atoms with Crippen molar-refractivity contribution in [1.82, 2.24) is 67.4 Å². The number of amides is 4. The summed E-state index contributed by atoms with van der Waals surface area (Å²) in [6.07, 6.45) is 3.70. The van der Waals surface area contributed by atoms with E-state index in [9.17, 15) is 42.0 Å². The Morgan fingerprint density at radius 1 is 0.378 bits per heavy atom.